The van der Waals surface area contributed by atoms with Gasteiger partial charge in [-0.25, -0.2) is 8.42 Å². The van der Waals surface area contributed by atoms with Gasteiger partial charge in [0, 0.05) is 39.1 Å². The minimum absolute atomic E-state index is 0.142. The molecule has 0 radical (unpaired) electrons. The Morgan fingerprint density at radius 3 is 2.81 bits per heavy atom. The van der Waals surface area contributed by atoms with Crippen LogP contribution in [-0.2, 0) is 35.0 Å². The number of halogens is 1. The maximum atomic E-state index is 12.7. The fourth-order valence-electron chi connectivity index (χ4n) is 3.09. The summed E-state index contributed by atoms with van der Waals surface area (Å²) in [5, 5.41) is 11.5. The van der Waals surface area contributed by atoms with Gasteiger partial charge in [0.25, 0.3) is 0 Å². The van der Waals surface area contributed by atoms with Crippen molar-refractivity contribution in [2.45, 2.75) is 37.8 Å². The molecule has 1 amide bonds. The highest BCUT2D eigenvalue weighted by molar-refractivity contribution is 7.89. The molecule has 0 bridgehead atoms. The molecule has 1 atom stereocenters. The van der Waals surface area contributed by atoms with Crippen LogP contribution in [0.5, 0.6) is 0 Å². The second kappa shape index (κ2) is 7.99. The summed E-state index contributed by atoms with van der Waals surface area (Å²) in [6, 6.07) is 0. The average molecular weight is 415 g/mol. The molecule has 0 aromatic carbocycles. The van der Waals surface area contributed by atoms with E-state index in [9.17, 15) is 13.2 Å². The lowest BCUT2D eigenvalue weighted by molar-refractivity contribution is -0.126. The number of hydrogen-bond donors (Lipinski definition) is 1. The highest BCUT2D eigenvalue weighted by Gasteiger charge is 2.34. The molecule has 2 aromatic heterocycles. The van der Waals surface area contributed by atoms with Gasteiger partial charge in [0.1, 0.15) is 10.6 Å². The van der Waals surface area contributed by atoms with Crippen molar-refractivity contribution in [3.8, 4) is 0 Å². The van der Waals surface area contributed by atoms with Crippen molar-refractivity contribution in [3.05, 3.63) is 29.3 Å². The summed E-state index contributed by atoms with van der Waals surface area (Å²) < 4.78 is 30.0. The number of sulfonamides is 1. The van der Waals surface area contributed by atoms with Gasteiger partial charge in [-0.2, -0.15) is 14.5 Å². The lowest BCUT2D eigenvalue weighted by atomic mass is 9.99. The molecule has 1 N–H and O–H groups in total. The van der Waals surface area contributed by atoms with E-state index >= 15 is 0 Å². The quantitative estimate of drug-likeness (QED) is 0.759. The van der Waals surface area contributed by atoms with E-state index < -0.39 is 15.9 Å². The van der Waals surface area contributed by atoms with Crippen LogP contribution in [0.4, 0.5) is 0 Å². The van der Waals surface area contributed by atoms with Crippen molar-refractivity contribution in [2.75, 3.05) is 13.1 Å². The molecule has 9 nitrogen and oxygen atoms in total. The molecular formula is C16H23ClN6O3S. The summed E-state index contributed by atoms with van der Waals surface area (Å²) >= 11 is 6.12. The van der Waals surface area contributed by atoms with E-state index in [0.29, 0.717) is 36.6 Å². The third-order valence-electron chi connectivity index (χ3n) is 4.62. The molecule has 148 valence electrons. The number of hydrogen-bond acceptors (Lipinski definition) is 5. The van der Waals surface area contributed by atoms with E-state index in [1.54, 1.807) is 17.9 Å². The number of piperidine rings is 1. The Morgan fingerprint density at radius 2 is 2.19 bits per heavy atom. The van der Waals surface area contributed by atoms with Gasteiger partial charge in [-0.1, -0.05) is 11.6 Å². The first-order valence-electron chi connectivity index (χ1n) is 8.79. The van der Waals surface area contributed by atoms with Gasteiger partial charge in [0.05, 0.1) is 23.7 Å². The van der Waals surface area contributed by atoms with Crippen LogP contribution < -0.4 is 5.32 Å². The minimum Gasteiger partial charge on any atom is -0.350 e. The van der Waals surface area contributed by atoms with Gasteiger partial charge in [-0.3, -0.25) is 14.2 Å². The number of rotatable bonds is 6. The summed E-state index contributed by atoms with van der Waals surface area (Å²) in [6.07, 6.45) is 5.77. The third kappa shape index (κ3) is 4.33. The molecule has 1 aliphatic heterocycles. The summed E-state index contributed by atoms with van der Waals surface area (Å²) in [6.45, 7) is 3.41. The van der Waals surface area contributed by atoms with Crippen LogP contribution in [-0.4, -0.2) is 51.3 Å². The number of carbonyl (C=O) groups is 1. The van der Waals surface area contributed by atoms with E-state index in [4.69, 9.17) is 11.6 Å². The smallest absolute Gasteiger partial charge is 0.246 e. The Balaban J connectivity index is 1.63. The molecule has 27 heavy (non-hydrogen) atoms. The minimum atomic E-state index is -3.65. The zero-order valence-electron chi connectivity index (χ0n) is 15.3. The van der Waals surface area contributed by atoms with Gasteiger partial charge in [-0.05, 0) is 19.8 Å². The van der Waals surface area contributed by atoms with Crippen molar-refractivity contribution in [1.29, 1.82) is 0 Å². The standard InChI is InChI=1S/C16H23ClN6O3S/c1-3-22-11-14(17)15(20-22)8-18-16(24)12-5-4-6-23(9-12)27(25,26)13-7-19-21(2)10-13/h7,10-12H,3-6,8-9H2,1-2H3,(H,18,24)/t12-/m1/s1. The van der Waals surface area contributed by atoms with Crippen LogP contribution in [0.15, 0.2) is 23.5 Å². The van der Waals surface area contributed by atoms with E-state index in [1.165, 1.54) is 21.4 Å². The average Bonchev–Trinajstić information content (AvgIpc) is 3.25. The Labute approximate surface area is 163 Å². The maximum absolute atomic E-state index is 12.7. The lowest BCUT2D eigenvalue weighted by Crippen LogP contribution is -2.45. The Morgan fingerprint density at radius 1 is 1.41 bits per heavy atom. The van der Waals surface area contributed by atoms with Crippen LogP contribution in [0.2, 0.25) is 5.02 Å². The molecule has 0 spiro atoms. The fourth-order valence-corrected chi connectivity index (χ4v) is 4.82. The number of aryl methyl sites for hydroxylation is 2. The van der Waals surface area contributed by atoms with Crippen molar-refractivity contribution >= 4 is 27.5 Å². The SMILES string of the molecule is CCn1cc(Cl)c(CNC(=O)[C@@H]2CCCN(S(=O)(=O)c3cnn(C)c3)C2)n1. The van der Waals surface area contributed by atoms with Crippen molar-refractivity contribution in [3.63, 3.8) is 0 Å². The summed E-state index contributed by atoms with van der Waals surface area (Å²) in [7, 11) is -1.99. The summed E-state index contributed by atoms with van der Waals surface area (Å²) in [5.41, 5.74) is 0.600. The first kappa shape index (κ1) is 19.8. The molecule has 1 saturated heterocycles. The van der Waals surface area contributed by atoms with E-state index in [0.717, 1.165) is 0 Å². The number of carbonyl (C=O) groups excluding carboxylic acids is 1. The number of amides is 1. The maximum Gasteiger partial charge on any atom is 0.246 e. The number of aromatic nitrogens is 4. The third-order valence-corrected chi connectivity index (χ3v) is 6.75. The second-order valence-electron chi connectivity index (χ2n) is 6.55. The van der Waals surface area contributed by atoms with Crippen LogP contribution in [0.1, 0.15) is 25.5 Å². The van der Waals surface area contributed by atoms with E-state index in [1.807, 2.05) is 6.92 Å². The largest absolute Gasteiger partial charge is 0.350 e. The zero-order chi connectivity index (χ0) is 19.6. The molecule has 1 fully saturated rings. The van der Waals surface area contributed by atoms with Crippen molar-refractivity contribution in [1.82, 2.24) is 29.2 Å². The molecule has 0 saturated carbocycles. The summed E-state index contributed by atoms with van der Waals surface area (Å²) in [5.74, 6) is -0.597. The molecule has 3 heterocycles. The van der Waals surface area contributed by atoms with Gasteiger partial charge in [-0.15, -0.1) is 0 Å². The molecule has 3 rings (SSSR count). The Bertz CT molecular complexity index is 922. The van der Waals surface area contributed by atoms with Crippen LogP contribution in [0.3, 0.4) is 0 Å². The second-order valence-corrected chi connectivity index (χ2v) is 8.89. The highest BCUT2D eigenvalue weighted by atomic mass is 35.5. The first-order chi connectivity index (χ1) is 12.8. The van der Waals surface area contributed by atoms with Crippen molar-refractivity contribution in [2.24, 2.45) is 13.0 Å². The topological polar surface area (TPSA) is 102 Å². The number of nitrogens with zero attached hydrogens (tertiary/aromatic N) is 5. The monoisotopic (exact) mass is 414 g/mol. The van der Waals surface area contributed by atoms with Crippen LogP contribution >= 0.6 is 11.6 Å². The van der Waals surface area contributed by atoms with Gasteiger partial charge < -0.3 is 5.32 Å². The molecular weight excluding hydrogens is 392 g/mol. The predicted octanol–water partition coefficient (Wildman–Crippen LogP) is 1.01. The molecule has 2 aromatic rings. The van der Waals surface area contributed by atoms with Gasteiger partial charge in [0.2, 0.25) is 15.9 Å². The van der Waals surface area contributed by atoms with Crippen molar-refractivity contribution < 1.29 is 13.2 Å². The molecule has 0 aliphatic carbocycles. The Kier molecular flexibility index (Phi) is 5.87. The first-order valence-corrected chi connectivity index (χ1v) is 10.6. The highest BCUT2D eigenvalue weighted by Crippen LogP contribution is 2.24. The molecule has 1 aliphatic rings. The zero-order valence-corrected chi connectivity index (χ0v) is 16.9. The fraction of sp³-hybridized carbons (Fsp3) is 0.562. The predicted molar refractivity (Wildman–Crippen MR) is 99.4 cm³/mol. The summed E-state index contributed by atoms with van der Waals surface area (Å²) in [4.78, 5) is 12.7. The molecule has 11 heteroatoms. The van der Waals surface area contributed by atoms with Crippen LogP contribution in [0, 0.1) is 5.92 Å². The molecule has 0 unspecified atom stereocenters. The van der Waals surface area contributed by atoms with Gasteiger partial charge >= 0.3 is 0 Å². The number of nitrogens with one attached hydrogen (secondary N) is 1. The Hall–Kier alpha value is -1.91. The van der Waals surface area contributed by atoms with Gasteiger partial charge in [0.15, 0.2) is 0 Å². The van der Waals surface area contributed by atoms with E-state index in [-0.39, 0.29) is 23.9 Å². The van der Waals surface area contributed by atoms with Crippen LogP contribution in [0.25, 0.3) is 0 Å². The normalized spacial score (nSPS) is 18.6. The van der Waals surface area contributed by atoms with E-state index in [2.05, 4.69) is 15.5 Å². The lowest BCUT2D eigenvalue weighted by Gasteiger charge is -2.30.